The molecule has 5 heteroatoms. The summed E-state index contributed by atoms with van der Waals surface area (Å²) in [7, 11) is 0. The van der Waals surface area contributed by atoms with Gasteiger partial charge in [0, 0.05) is 22.6 Å². The summed E-state index contributed by atoms with van der Waals surface area (Å²) in [6, 6.07) is 6.13. The third-order valence-electron chi connectivity index (χ3n) is 3.18. The van der Waals surface area contributed by atoms with E-state index in [2.05, 4.69) is 34.7 Å². The lowest BCUT2D eigenvalue weighted by Gasteiger charge is -2.39. The third kappa shape index (κ3) is 2.67. The molecule has 2 rings (SSSR count). The molecule has 0 aromatic heterocycles. The number of amidine groups is 1. The number of hydrogen-bond donors (Lipinski definition) is 2. The van der Waals surface area contributed by atoms with Crippen molar-refractivity contribution in [3.63, 3.8) is 0 Å². The summed E-state index contributed by atoms with van der Waals surface area (Å²) in [5.41, 5.74) is 7.35. The van der Waals surface area contributed by atoms with Crippen molar-refractivity contribution in [2.24, 2.45) is 5.73 Å². The predicted molar refractivity (Wildman–Crippen MR) is 77.4 cm³/mol. The molecule has 1 saturated heterocycles. The summed E-state index contributed by atoms with van der Waals surface area (Å²) in [5.74, 6) is 0.0886. The number of morpholine rings is 1. The van der Waals surface area contributed by atoms with Crippen LogP contribution in [0.1, 0.15) is 19.4 Å². The number of halogens is 1. The van der Waals surface area contributed by atoms with Crippen LogP contribution in [-0.4, -0.2) is 31.1 Å². The van der Waals surface area contributed by atoms with Gasteiger partial charge in [0.15, 0.2) is 0 Å². The Kier molecular flexibility index (Phi) is 3.92. The molecule has 1 heterocycles. The second-order valence-electron chi connectivity index (χ2n) is 4.73. The minimum absolute atomic E-state index is 0.0886. The maximum absolute atomic E-state index is 7.44. The largest absolute Gasteiger partial charge is 0.384 e. The molecule has 0 saturated carbocycles. The Balaban J connectivity index is 2.30. The van der Waals surface area contributed by atoms with E-state index in [0.717, 1.165) is 28.9 Å². The topological polar surface area (TPSA) is 62.3 Å². The normalized spacial score (nSPS) is 24.1. The fourth-order valence-electron chi connectivity index (χ4n) is 2.15. The number of nitrogens with zero attached hydrogens (tertiary/aromatic N) is 1. The van der Waals surface area contributed by atoms with Crippen molar-refractivity contribution in [1.29, 1.82) is 5.41 Å². The number of nitrogen functional groups attached to an aromatic ring is 1. The van der Waals surface area contributed by atoms with Gasteiger partial charge in [-0.2, -0.15) is 0 Å². The molecule has 0 amide bonds. The molecule has 1 aliphatic rings. The molecule has 1 aliphatic heterocycles. The van der Waals surface area contributed by atoms with E-state index in [9.17, 15) is 0 Å². The molecule has 0 spiro atoms. The predicted octanol–water partition coefficient (Wildman–Crippen LogP) is 2.35. The summed E-state index contributed by atoms with van der Waals surface area (Å²) >= 11 is 3.56. The molecule has 0 aliphatic carbocycles. The Bertz CT molecular complexity index is 464. The second kappa shape index (κ2) is 5.28. The Hall–Kier alpha value is -1.07. The van der Waals surface area contributed by atoms with Crippen LogP contribution < -0.4 is 10.6 Å². The van der Waals surface area contributed by atoms with E-state index in [1.54, 1.807) is 0 Å². The molecule has 0 bridgehead atoms. The van der Waals surface area contributed by atoms with E-state index in [4.69, 9.17) is 15.9 Å². The molecule has 2 atom stereocenters. The SMILES string of the molecule is CC1CN(c2ccc(C(=N)N)cc2Br)C(C)CO1. The van der Waals surface area contributed by atoms with Gasteiger partial charge in [-0.25, -0.2) is 0 Å². The van der Waals surface area contributed by atoms with Crippen molar-refractivity contribution in [3.05, 3.63) is 28.2 Å². The second-order valence-corrected chi connectivity index (χ2v) is 5.58. The van der Waals surface area contributed by atoms with Crippen LogP contribution in [0.2, 0.25) is 0 Å². The Labute approximate surface area is 116 Å². The van der Waals surface area contributed by atoms with Crippen molar-refractivity contribution in [2.45, 2.75) is 26.0 Å². The van der Waals surface area contributed by atoms with Gasteiger partial charge in [-0.15, -0.1) is 0 Å². The molecule has 3 N–H and O–H groups in total. The van der Waals surface area contributed by atoms with E-state index in [0.29, 0.717) is 6.04 Å². The summed E-state index contributed by atoms with van der Waals surface area (Å²) in [5, 5.41) is 7.44. The number of nitrogens with two attached hydrogens (primary N) is 1. The van der Waals surface area contributed by atoms with Crippen molar-refractivity contribution >= 4 is 27.5 Å². The summed E-state index contributed by atoms with van der Waals surface area (Å²) in [4.78, 5) is 2.32. The number of benzene rings is 1. The molecule has 4 nitrogen and oxygen atoms in total. The fraction of sp³-hybridized carbons (Fsp3) is 0.462. The van der Waals surface area contributed by atoms with Crippen LogP contribution in [0.4, 0.5) is 5.69 Å². The smallest absolute Gasteiger partial charge is 0.122 e. The lowest BCUT2D eigenvalue weighted by molar-refractivity contribution is 0.0343. The molecule has 18 heavy (non-hydrogen) atoms. The van der Waals surface area contributed by atoms with Gasteiger partial charge in [0.1, 0.15) is 5.84 Å². The van der Waals surface area contributed by atoms with Crippen molar-refractivity contribution in [2.75, 3.05) is 18.1 Å². The van der Waals surface area contributed by atoms with Crippen LogP contribution >= 0.6 is 15.9 Å². The number of rotatable bonds is 2. The minimum Gasteiger partial charge on any atom is -0.384 e. The molecule has 98 valence electrons. The quantitative estimate of drug-likeness (QED) is 0.651. The van der Waals surface area contributed by atoms with Gasteiger partial charge in [0.25, 0.3) is 0 Å². The highest BCUT2D eigenvalue weighted by molar-refractivity contribution is 9.10. The Morgan fingerprint density at radius 3 is 2.83 bits per heavy atom. The number of anilines is 1. The number of nitrogens with one attached hydrogen (secondary N) is 1. The van der Waals surface area contributed by atoms with Gasteiger partial charge in [0.05, 0.1) is 18.4 Å². The summed E-state index contributed by atoms with van der Waals surface area (Å²) in [6.07, 6.45) is 0.237. The molecule has 1 aromatic rings. The lowest BCUT2D eigenvalue weighted by Crippen LogP contribution is -2.47. The van der Waals surface area contributed by atoms with E-state index in [1.807, 2.05) is 18.2 Å². The monoisotopic (exact) mass is 311 g/mol. The molecule has 0 radical (unpaired) electrons. The standard InChI is InChI=1S/C13H18BrN3O/c1-8-7-18-9(2)6-17(8)12-4-3-10(13(15)16)5-11(12)14/h3-5,8-9H,6-7H2,1-2H3,(H3,15,16). The van der Waals surface area contributed by atoms with Gasteiger partial charge >= 0.3 is 0 Å². The average molecular weight is 312 g/mol. The first kappa shape index (κ1) is 13.4. The van der Waals surface area contributed by atoms with E-state index in [1.165, 1.54) is 0 Å². The van der Waals surface area contributed by atoms with Crippen LogP contribution in [0.3, 0.4) is 0 Å². The van der Waals surface area contributed by atoms with Crippen molar-refractivity contribution in [1.82, 2.24) is 0 Å². The highest BCUT2D eigenvalue weighted by atomic mass is 79.9. The van der Waals surface area contributed by atoms with Crippen molar-refractivity contribution < 1.29 is 4.74 Å². The van der Waals surface area contributed by atoms with Crippen LogP contribution in [-0.2, 0) is 4.74 Å². The Morgan fingerprint density at radius 2 is 2.22 bits per heavy atom. The summed E-state index contributed by atoms with van der Waals surface area (Å²) < 4.78 is 6.60. The lowest BCUT2D eigenvalue weighted by atomic mass is 10.1. The van der Waals surface area contributed by atoms with Gasteiger partial charge in [-0.1, -0.05) is 0 Å². The Morgan fingerprint density at radius 1 is 1.50 bits per heavy atom. The van der Waals surface area contributed by atoms with Gasteiger partial charge in [-0.05, 0) is 48.0 Å². The van der Waals surface area contributed by atoms with Gasteiger partial charge < -0.3 is 15.4 Å². The average Bonchev–Trinajstić information content (AvgIpc) is 2.32. The first-order chi connectivity index (χ1) is 8.49. The first-order valence-electron chi connectivity index (χ1n) is 6.01. The van der Waals surface area contributed by atoms with Crippen molar-refractivity contribution in [3.8, 4) is 0 Å². The highest BCUT2D eigenvalue weighted by Gasteiger charge is 2.25. The molecular formula is C13H18BrN3O. The fourth-order valence-corrected chi connectivity index (χ4v) is 2.75. The minimum atomic E-state index is 0.0886. The zero-order chi connectivity index (χ0) is 13.3. The third-order valence-corrected chi connectivity index (χ3v) is 3.81. The van der Waals surface area contributed by atoms with E-state index in [-0.39, 0.29) is 11.9 Å². The molecular weight excluding hydrogens is 294 g/mol. The highest BCUT2D eigenvalue weighted by Crippen LogP contribution is 2.30. The number of ether oxygens (including phenoxy) is 1. The zero-order valence-corrected chi connectivity index (χ0v) is 12.2. The maximum Gasteiger partial charge on any atom is 0.122 e. The maximum atomic E-state index is 7.44. The van der Waals surface area contributed by atoms with Crippen LogP contribution in [0.15, 0.2) is 22.7 Å². The molecule has 2 unspecified atom stereocenters. The zero-order valence-electron chi connectivity index (χ0n) is 10.6. The van der Waals surface area contributed by atoms with Crippen LogP contribution in [0.5, 0.6) is 0 Å². The number of hydrogen-bond acceptors (Lipinski definition) is 3. The van der Waals surface area contributed by atoms with E-state index >= 15 is 0 Å². The van der Waals surface area contributed by atoms with E-state index < -0.39 is 0 Å². The van der Waals surface area contributed by atoms with Crippen LogP contribution in [0.25, 0.3) is 0 Å². The summed E-state index contributed by atoms with van der Waals surface area (Å²) in [6.45, 7) is 5.84. The molecule has 1 fully saturated rings. The van der Waals surface area contributed by atoms with Gasteiger partial charge in [-0.3, -0.25) is 5.41 Å². The first-order valence-corrected chi connectivity index (χ1v) is 6.80. The van der Waals surface area contributed by atoms with Crippen LogP contribution in [0, 0.1) is 5.41 Å². The van der Waals surface area contributed by atoms with Gasteiger partial charge in [0.2, 0.25) is 0 Å². The molecule has 1 aromatic carbocycles.